The number of ether oxygens (including phenoxy) is 1. The molecule has 174 valence electrons. The molecule has 0 spiro atoms. The minimum Gasteiger partial charge on any atom is -0.479 e. The van der Waals surface area contributed by atoms with Crippen LogP contribution in [0.3, 0.4) is 0 Å². The number of hydrogen-bond donors (Lipinski definition) is 3. The summed E-state index contributed by atoms with van der Waals surface area (Å²) in [5, 5.41) is 14.7. The van der Waals surface area contributed by atoms with Crippen LogP contribution in [0.1, 0.15) is 90.2 Å². The Balaban J connectivity index is 2.02. The minimum absolute atomic E-state index is 0.228. The Morgan fingerprint density at radius 1 is 0.903 bits per heavy atom. The van der Waals surface area contributed by atoms with Crippen LogP contribution in [0.25, 0.3) is 0 Å². The second-order valence-corrected chi connectivity index (χ2v) is 8.76. The van der Waals surface area contributed by atoms with E-state index in [9.17, 15) is 19.5 Å². The van der Waals surface area contributed by atoms with Crippen molar-refractivity contribution in [3.8, 4) is 0 Å². The van der Waals surface area contributed by atoms with Crippen molar-refractivity contribution in [2.75, 3.05) is 6.54 Å². The number of nitrogens with one attached hydrogen (secondary N) is 2. The maximum absolute atomic E-state index is 12.1. The summed E-state index contributed by atoms with van der Waals surface area (Å²) >= 11 is 0. The van der Waals surface area contributed by atoms with E-state index in [0.717, 1.165) is 51.4 Å². The Morgan fingerprint density at radius 2 is 1.45 bits per heavy atom. The lowest BCUT2D eigenvalue weighted by Crippen LogP contribution is -2.33. The van der Waals surface area contributed by atoms with E-state index in [2.05, 4.69) is 10.6 Å². The van der Waals surface area contributed by atoms with E-state index in [1.807, 2.05) is 26.8 Å². The molecule has 2 amide bonds. The average Bonchev–Trinajstić information content (AvgIpc) is 2.69. The van der Waals surface area contributed by atoms with E-state index in [1.165, 1.54) is 0 Å². The maximum Gasteiger partial charge on any atom is 0.407 e. The number of carbonyl (C=O) groups is 3. The third kappa shape index (κ3) is 13.4. The number of aliphatic carboxylic acids is 1. The van der Waals surface area contributed by atoms with Crippen molar-refractivity contribution in [2.24, 2.45) is 0 Å². The number of hydrogen-bond acceptors (Lipinski definition) is 4. The third-order valence-electron chi connectivity index (χ3n) is 4.68. The fraction of sp³-hybridized carbons (Fsp3) is 0.625. The van der Waals surface area contributed by atoms with Crippen LogP contribution in [0, 0.1) is 0 Å². The maximum atomic E-state index is 12.1. The lowest BCUT2D eigenvalue weighted by molar-refractivity contribution is -0.142. The molecule has 7 heteroatoms. The first-order valence-corrected chi connectivity index (χ1v) is 11.2. The van der Waals surface area contributed by atoms with Gasteiger partial charge in [-0.1, -0.05) is 68.9 Å². The highest BCUT2D eigenvalue weighted by Gasteiger charge is 2.21. The lowest BCUT2D eigenvalue weighted by atomic mass is 10.1. The molecule has 0 aromatic heterocycles. The summed E-state index contributed by atoms with van der Waals surface area (Å²) in [6.07, 6.45) is 8.11. The molecule has 0 aliphatic rings. The summed E-state index contributed by atoms with van der Waals surface area (Å²) < 4.78 is 5.18. The zero-order valence-corrected chi connectivity index (χ0v) is 19.1. The summed E-state index contributed by atoms with van der Waals surface area (Å²) in [4.78, 5) is 35.0. The van der Waals surface area contributed by atoms with Crippen LogP contribution in [0.2, 0.25) is 0 Å². The van der Waals surface area contributed by atoms with Crippen molar-refractivity contribution in [3.63, 3.8) is 0 Å². The molecule has 0 unspecified atom stereocenters. The molecule has 0 radical (unpaired) electrons. The largest absolute Gasteiger partial charge is 0.479 e. The smallest absolute Gasteiger partial charge is 0.407 e. The number of alkyl carbamates (subject to hydrolysis) is 1. The van der Waals surface area contributed by atoms with E-state index >= 15 is 0 Å². The SMILES string of the molecule is CC(C)(C)OC(=O)NCCCCCCCCCCC(=O)N[C@H](C(=O)O)c1ccccc1. The first-order chi connectivity index (χ1) is 14.7. The van der Waals surface area contributed by atoms with Crippen LogP contribution in [0.5, 0.6) is 0 Å². The summed E-state index contributed by atoms with van der Waals surface area (Å²) in [6.45, 7) is 6.16. The topological polar surface area (TPSA) is 105 Å². The van der Waals surface area contributed by atoms with Crippen molar-refractivity contribution in [3.05, 3.63) is 35.9 Å². The Kier molecular flexibility index (Phi) is 12.3. The molecule has 31 heavy (non-hydrogen) atoms. The zero-order chi connectivity index (χ0) is 23.1. The van der Waals surface area contributed by atoms with Crippen LogP contribution in [0.4, 0.5) is 4.79 Å². The van der Waals surface area contributed by atoms with Gasteiger partial charge in [0.25, 0.3) is 0 Å². The number of rotatable bonds is 14. The fourth-order valence-corrected chi connectivity index (χ4v) is 3.14. The van der Waals surface area contributed by atoms with Gasteiger partial charge in [0.1, 0.15) is 5.60 Å². The molecule has 1 aromatic rings. The third-order valence-corrected chi connectivity index (χ3v) is 4.68. The number of amides is 2. The zero-order valence-electron chi connectivity index (χ0n) is 19.1. The van der Waals surface area contributed by atoms with Crippen LogP contribution < -0.4 is 10.6 Å². The van der Waals surface area contributed by atoms with Crippen LogP contribution in [-0.2, 0) is 14.3 Å². The Labute approximate surface area is 185 Å². The van der Waals surface area contributed by atoms with Gasteiger partial charge in [0.15, 0.2) is 6.04 Å². The molecular formula is C24H38N2O5. The standard InChI is InChI=1S/C24H38N2O5/c1-24(2,3)31-23(30)25-18-14-9-7-5-4-6-8-13-17-20(27)26-21(22(28)29)19-15-11-10-12-16-19/h10-12,15-16,21H,4-9,13-14,17-18H2,1-3H3,(H,25,30)(H,26,27)(H,28,29)/t21-/m0/s1. The number of benzene rings is 1. The van der Waals surface area contributed by atoms with Gasteiger partial charge in [-0.15, -0.1) is 0 Å². The molecule has 3 N–H and O–H groups in total. The fourth-order valence-electron chi connectivity index (χ4n) is 3.14. The first kappa shape index (κ1) is 26.5. The molecule has 0 fully saturated rings. The molecule has 1 rings (SSSR count). The second kappa shape index (κ2) is 14.4. The van der Waals surface area contributed by atoms with Crippen molar-refractivity contribution in [2.45, 2.75) is 90.2 Å². The Morgan fingerprint density at radius 3 is 2.00 bits per heavy atom. The van der Waals surface area contributed by atoms with Gasteiger partial charge < -0.3 is 20.5 Å². The quantitative estimate of drug-likeness (QED) is 0.359. The number of carbonyl (C=O) groups excluding carboxylic acids is 2. The highest BCUT2D eigenvalue weighted by molar-refractivity contribution is 5.84. The molecular weight excluding hydrogens is 396 g/mol. The van der Waals surface area contributed by atoms with Gasteiger partial charge >= 0.3 is 12.1 Å². The van der Waals surface area contributed by atoms with E-state index in [0.29, 0.717) is 18.5 Å². The van der Waals surface area contributed by atoms with Crippen molar-refractivity contribution < 1.29 is 24.2 Å². The van der Waals surface area contributed by atoms with Gasteiger partial charge in [-0.3, -0.25) is 4.79 Å². The van der Waals surface area contributed by atoms with Gasteiger partial charge in [0, 0.05) is 13.0 Å². The average molecular weight is 435 g/mol. The highest BCUT2D eigenvalue weighted by atomic mass is 16.6. The second-order valence-electron chi connectivity index (χ2n) is 8.76. The van der Waals surface area contributed by atoms with Crippen LogP contribution in [0.15, 0.2) is 30.3 Å². The monoisotopic (exact) mass is 434 g/mol. The van der Waals surface area contributed by atoms with Crippen molar-refractivity contribution >= 4 is 18.0 Å². The van der Waals surface area contributed by atoms with Crippen molar-refractivity contribution in [1.82, 2.24) is 10.6 Å². The van der Waals surface area contributed by atoms with Gasteiger partial charge in [0.2, 0.25) is 5.91 Å². The molecule has 0 saturated heterocycles. The van der Waals surface area contributed by atoms with Crippen LogP contribution >= 0.6 is 0 Å². The highest BCUT2D eigenvalue weighted by Crippen LogP contribution is 2.14. The van der Waals surface area contributed by atoms with Gasteiger partial charge in [0.05, 0.1) is 0 Å². The molecule has 0 heterocycles. The normalized spacial score (nSPS) is 12.1. The summed E-state index contributed by atoms with van der Waals surface area (Å²) in [7, 11) is 0. The molecule has 7 nitrogen and oxygen atoms in total. The molecule has 0 bridgehead atoms. The summed E-state index contributed by atoms with van der Waals surface area (Å²) in [6, 6.07) is 7.73. The van der Waals surface area contributed by atoms with Gasteiger partial charge in [-0.2, -0.15) is 0 Å². The summed E-state index contributed by atoms with van der Waals surface area (Å²) in [5.41, 5.74) is 0.106. The number of carboxylic acids is 1. The Hall–Kier alpha value is -2.57. The van der Waals surface area contributed by atoms with Crippen molar-refractivity contribution in [1.29, 1.82) is 0 Å². The molecule has 1 atom stereocenters. The molecule has 1 aromatic carbocycles. The number of unbranched alkanes of at least 4 members (excludes halogenated alkanes) is 7. The van der Waals surface area contributed by atoms with E-state index in [1.54, 1.807) is 24.3 Å². The predicted molar refractivity (Wildman–Crippen MR) is 121 cm³/mol. The van der Waals surface area contributed by atoms with Gasteiger partial charge in [-0.05, 0) is 39.2 Å². The molecule has 0 aliphatic heterocycles. The van der Waals surface area contributed by atoms with E-state index in [4.69, 9.17) is 4.74 Å². The van der Waals surface area contributed by atoms with Crippen LogP contribution in [-0.4, -0.2) is 35.2 Å². The molecule has 0 aliphatic carbocycles. The minimum atomic E-state index is -1.05. The first-order valence-electron chi connectivity index (χ1n) is 11.2. The lowest BCUT2D eigenvalue weighted by Gasteiger charge is -2.19. The van der Waals surface area contributed by atoms with Gasteiger partial charge in [-0.25, -0.2) is 9.59 Å². The predicted octanol–water partition coefficient (Wildman–Crippen LogP) is 4.96. The number of carboxylic acid groups (broad SMARTS) is 1. The summed E-state index contributed by atoms with van der Waals surface area (Å²) in [5.74, 6) is -1.28. The molecule has 0 saturated carbocycles. The Bertz CT molecular complexity index is 670. The van der Waals surface area contributed by atoms with E-state index < -0.39 is 17.6 Å². The van der Waals surface area contributed by atoms with E-state index in [-0.39, 0.29) is 12.0 Å².